The number of pyridine rings is 1. The Morgan fingerprint density at radius 2 is 2.12 bits per heavy atom. The van der Waals surface area contributed by atoms with Crippen LogP contribution in [0.2, 0.25) is 0 Å². The molecule has 3 heterocycles. The molecule has 178 valence electrons. The highest BCUT2D eigenvalue weighted by Gasteiger charge is 2.31. The molecule has 0 amide bonds. The first-order chi connectivity index (χ1) is 16.2. The van der Waals surface area contributed by atoms with Gasteiger partial charge in [0.05, 0.1) is 10.6 Å². The SMILES string of the molecule is CCN(c1ncccc1NC(C)(C)C)C1CCN(c2cc3cc([N+](=O)[O-])ccc3[nH]2)C(=C=O)C1. The van der Waals surface area contributed by atoms with Gasteiger partial charge in [-0.15, -0.1) is 0 Å². The van der Waals surface area contributed by atoms with Crippen molar-refractivity contribution < 1.29 is 9.72 Å². The molecule has 9 heteroatoms. The van der Waals surface area contributed by atoms with Crippen LogP contribution in [0.5, 0.6) is 0 Å². The molecule has 1 atom stereocenters. The molecule has 1 aliphatic heterocycles. The van der Waals surface area contributed by atoms with Gasteiger partial charge in [-0.3, -0.25) is 10.1 Å². The van der Waals surface area contributed by atoms with Gasteiger partial charge in [-0.05, 0) is 58.4 Å². The first kappa shape index (κ1) is 23.3. The minimum atomic E-state index is -0.409. The van der Waals surface area contributed by atoms with Gasteiger partial charge in [-0.1, -0.05) is 0 Å². The van der Waals surface area contributed by atoms with Gasteiger partial charge in [0, 0.05) is 60.3 Å². The van der Waals surface area contributed by atoms with E-state index in [-0.39, 0.29) is 17.3 Å². The molecule has 1 aliphatic rings. The van der Waals surface area contributed by atoms with Gasteiger partial charge >= 0.3 is 0 Å². The first-order valence-electron chi connectivity index (χ1n) is 11.5. The summed E-state index contributed by atoms with van der Waals surface area (Å²) >= 11 is 0. The normalized spacial score (nSPS) is 16.4. The monoisotopic (exact) mass is 462 g/mol. The molecule has 2 N–H and O–H groups in total. The highest BCUT2D eigenvalue weighted by atomic mass is 16.6. The van der Waals surface area contributed by atoms with Crippen molar-refractivity contribution in [2.75, 3.05) is 28.2 Å². The predicted molar refractivity (Wildman–Crippen MR) is 135 cm³/mol. The van der Waals surface area contributed by atoms with Crippen LogP contribution < -0.4 is 15.1 Å². The summed E-state index contributed by atoms with van der Waals surface area (Å²) in [6.07, 6.45) is 3.14. The maximum Gasteiger partial charge on any atom is 0.270 e. The van der Waals surface area contributed by atoms with Gasteiger partial charge in [0.2, 0.25) is 0 Å². The van der Waals surface area contributed by atoms with Crippen LogP contribution in [0.4, 0.5) is 23.0 Å². The smallest absolute Gasteiger partial charge is 0.270 e. The number of hydrogen-bond acceptors (Lipinski definition) is 7. The fraction of sp³-hybridized carbons (Fsp3) is 0.400. The number of aromatic nitrogens is 2. The summed E-state index contributed by atoms with van der Waals surface area (Å²) in [4.78, 5) is 34.8. The maximum absolute atomic E-state index is 12.0. The molecule has 0 bridgehead atoms. The van der Waals surface area contributed by atoms with Gasteiger partial charge in [-0.2, -0.15) is 0 Å². The van der Waals surface area contributed by atoms with Gasteiger partial charge in [0.15, 0.2) is 5.82 Å². The third-order valence-corrected chi connectivity index (χ3v) is 6.00. The second-order valence-electron chi connectivity index (χ2n) is 9.57. The Morgan fingerprint density at radius 1 is 1.32 bits per heavy atom. The molecule has 9 nitrogen and oxygen atoms in total. The van der Waals surface area contributed by atoms with E-state index in [1.807, 2.05) is 23.1 Å². The molecule has 1 aromatic carbocycles. The number of rotatable bonds is 6. The molecule has 34 heavy (non-hydrogen) atoms. The van der Waals surface area contributed by atoms with E-state index in [0.717, 1.165) is 41.2 Å². The Bertz CT molecular complexity index is 1260. The standard InChI is InChI=1S/C25H30N6O3/c1-5-29(24-22(7-6-11-26-24)28-25(2,3)4)18-10-12-30(20(15-18)16-32)23-14-17-13-19(31(33)34)8-9-21(17)27-23/h6-9,11,13-14,18,27-28H,5,10,12,15H2,1-4H3. The van der Waals surface area contributed by atoms with Crippen LogP contribution in [-0.2, 0) is 4.79 Å². The molecule has 3 aromatic rings. The molecule has 1 unspecified atom stereocenters. The van der Waals surface area contributed by atoms with E-state index >= 15 is 0 Å². The molecule has 0 radical (unpaired) electrons. The number of carbonyl (C=O) groups excluding carboxylic acids is 1. The number of benzene rings is 1. The van der Waals surface area contributed by atoms with E-state index in [1.54, 1.807) is 12.3 Å². The van der Waals surface area contributed by atoms with Crippen molar-refractivity contribution in [3.05, 3.63) is 58.4 Å². The van der Waals surface area contributed by atoms with Gasteiger partial charge in [0.25, 0.3) is 5.69 Å². The summed E-state index contributed by atoms with van der Waals surface area (Å²) in [5.74, 6) is 3.76. The number of hydrogen-bond donors (Lipinski definition) is 2. The number of aromatic amines is 1. The number of nitrogens with one attached hydrogen (secondary N) is 2. The number of H-pyrrole nitrogens is 1. The van der Waals surface area contributed by atoms with Crippen LogP contribution in [0.25, 0.3) is 10.9 Å². The Morgan fingerprint density at radius 3 is 2.79 bits per heavy atom. The van der Waals surface area contributed by atoms with Gasteiger partial charge < -0.3 is 20.1 Å². The molecule has 0 saturated carbocycles. The zero-order valence-corrected chi connectivity index (χ0v) is 20.0. The lowest BCUT2D eigenvalue weighted by atomic mass is 9.99. The summed E-state index contributed by atoms with van der Waals surface area (Å²) < 4.78 is 0. The number of fused-ring (bicyclic) bond motifs is 1. The summed E-state index contributed by atoms with van der Waals surface area (Å²) in [5, 5.41) is 15.4. The second kappa shape index (κ2) is 9.19. The molecule has 1 saturated heterocycles. The Labute approximate surface area is 198 Å². The van der Waals surface area contributed by atoms with Gasteiger partial charge in [0.1, 0.15) is 17.5 Å². The van der Waals surface area contributed by atoms with Crippen LogP contribution in [0, 0.1) is 10.1 Å². The molecule has 4 rings (SSSR count). The predicted octanol–water partition coefficient (Wildman–Crippen LogP) is 4.89. The number of non-ortho nitro benzene ring substituents is 1. The van der Waals surface area contributed by atoms with E-state index in [4.69, 9.17) is 0 Å². The van der Waals surface area contributed by atoms with E-state index in [1.165, 1.54) is 12.1 Å². The summed E-state index contributed by atoms with van der Waals surface area (Å²) in [6.45, 7) is 9.80. The van der Waals surface area contributed by atoms with E-state index in [0.29, 0.717) is 18.7 Å². The zero-order valence-electron chi connectivity index (χ0n) is 20.0. The lowest BCUT2D eigenvalue weighted by Crippen LogP contribution is -2.45. The van der Waals surface area contributed by atoms with Crippen molar-refractivity contribution in [3.8, 4) is 0 Å². The summed E-state index contributed by atoms with van der Waals surface area (Å²) in [7, 11) is 0. The first-order valence-corrected chi connectivity index (χ1v) is 11.5. The molecular weight excluding hydrogens is 432 g/mol. The summed E-state index contributed by atoms with van der Waals surface area (Å²) in [5.41, 5.74) is 2.23. The Hall–Kier alpha value is -3.84. The number of piperidine rings is 1. The second-order valence-corrected chi connectivity index (χ2v) is 9.57. The quantitative estimate of drug-likeness (QED) is 0.305. The van der Waals surface area contributed by atoms with Crippen molar-refractivity contribution >= 4 is 39.9 Å². The average Bonchev–Trinajstić information content (AvgIpc) is 3.22. The van der Waals surface area contributed by atoms with Crippen LogP contribution in [0.1, 0.15) is 40.5 Å². The van der Waals surface area contributed by atoms with Crippen LogP contribution in [0.15, 0.2) is 48.3 Å². The third kappa shape index (κ3) is 4.75. The van der Waals surface area contributed by atoms with Crippen molar-refractivity contribution in [3.63, 3.8) is 0 Å². The topological polar surface area (TPSA) is 107 Å². The maximum atomic E-state index is 12.0. The largest absolute Gasteiger partial charge is 0.377 e. The fourth-order valence-electron chi connectivity index (χ4n) is 4.55. The highest BCUT2D eigenvalue weighted by Crippen LogP contribution is 2.35. The van der Waals surface area contributed by atoms with Crippen LogP contribution in [0.3, 0.4) is 0 Å². The Kier molecular flexibility index (Phi) is 6.30. The van der Waals surface area contributed by atoms with E-state index < -0.39 is 4.92 Å². The molecule has 1 fully saturated rings. The fourth-order valence-corrected chi connectivity index (χ4v) is 4.55. The van der Waals surface area contributed by atoms with E-state index in [2.05, 4.69) is 53.8 Å². The number of nitrogens with zero attached hydrogens (tertiary/aromatic N) is 4. The van der Waals surface area contributed by atoms with Crippen molar-refractivity contribution in [1.82, 2.24) is 9.97 Å². The molecule has 2 aromatic heterocycles. The molecule has 0 spiro atoms. The zero-order chi connectivity index (χ0) is 24.5. The highest BCUT2D eigenvalue weighted by molar-refractivity contribution is 5.87. The average molecular weight is 463 g/mol. The van der Waals surface area contributed by atoms with Crippen LogP contribution >= 0.6 is 0 Å². The number of nitro groups is 1. The van der Waals surface area contributed by atoms with Gasteiger partial charge in [-0.25, -0.2) is 9.78 Å². The lowest BCUT2D eigenvalue weighted by molar-refractivity contribution is -0.384. The number of anilines is 3. The van der Waals surface area contributed by atoms with Crippen molar-refractivity contribution in [2.24, 2.45) is 0 Å². The summed E-state index contributed by atoms with van der Waals surface area (Å²) in [6, 6.07) is 10.6. The van der Waals surface area contributed by atoms with Crippen LogP contribution in [-0.4, -0.2) is 45.5 Å². The lowest BCUT2D eigenvalue weighted by Gasteiger charge is -2.40. The van der Waals surface area contributed by atoms with Crippen molar-refractivity contribution in [2.45, 2.75) is 52.1 Å². The molecule has 0 aliphatic carbocycles. The third-order valence-electron chi connectivity index (χ3n) is 6.00. The Balaban J connectivity index is 1.59. The number of nitro benzene ring substituents is 1. The molecular formula is C25H30N6O3. The minimum Gasteiger partial charge on any atom is -0.377 e. The van der Waals surface area contributed by atoms with E-state index in [9.17, 15) is 14.9 Å². The minimum absolute atomic E-state index is 0.0385. The van der Waals surface area contributed by atoms with Crippen molar-refractivity contribution in [1.29, 1.82) is 0 Å².